The fraction of sp³-hybridized carbons (Fsp3) is 0.952. The molecule has 0 aromatic heterocycles. The first-order valence-corrected chi connectivity index (χ1v) is 46.5. The molecule has 0 aliphatic rings. The number of phosphoric ester groups is 2. The van der Waals surface area contributed by atoms with E-state index in [1.54, 1.807) is 0 Å². The van der Waals surface area contributed by atoms with Gasteiger partial charge in [-0.25, -0.2) is 9.13 Å². The molecule has 0 saturated carbocycles. The van der Waals surface area contributed by atoms with Gasteiger partial charge < -0.3 is 33.8 Å². The molecular weight excluding hydrogens is 1340 g/mol. The average molecular weight is 1510 g/mol. The van der Waals surface area contributed by atoms with Crippen LogP contribution < -0.4 is 0 Å². The van der Waals surface area contributed by atoms with Gasteiger partial charge >= 0.3 is 39.5 Å². The summed E-state index contributed by atoms with van der Waals surface area (Å²) in [5.74, 6) is -0.492. The van der Waals surface area contributed by atoms with Crippen molar-refractivity contribution in [1.29, 1.82) is 0 Å². The van der Waals surface area contributed by atoms with Crippen LogP contribution in [0.2, 0.25) is 0 Å². The topological polar surface area (TPSA) is 237 Å². The number of unbranched alkanes of at least 4 members (excludes halogenated alkanes) is 53. The zero-order chi connectivity index (χ0) is 75.6. The molecule has 0 aliphatic heterocycles. The van der Waals surface area contributed by atoms with Crippen LogP contribution in [0.5, 0.6) is 0 Å². The minimum Gasteiger partial charge on any atom is -0.462 e. The van der Waals surface area contributed by atoms with E-state index in [1.165, 1.54) is 263 Å². The van der Waals surface area contributed by atoms with Crippen LogP contribution in [0.15, 0.2) is 0 Å². The number of hydrogen-bond donors (Lipinski definition) is 3. The Bertz CT molecular complexity index is 1980. The lowest BCUT2D eigenvalue weighted by Crippen LogP contribution is -2.30. The van der Waals surface area contributed by atoms with Gasteiger partial charge in [-0.2, -0.15) is 0 Å². The highest BCUT2D eigenvalue weighted by Gasteiger charge is 2.30. The fourth-order valence-electron chi connectivity index (χ4n) is 13.1. The Kier molecular flexibility index (Phi) is 74.1. The first-order valence-electron chi connectivity index (χ1n) is 43.5. The first kappa shape index (κ1) is 101. The summed E-state index contributed by atoms with van der Waals surface area (Å²) in [5, 5.41) is 10.7. The summed E-state index contributed by atoms with van der Waals surface area (Å²) in [4.78, 5) is 73.1. The number of aliphatic hydroxyl groups excluding tert-OH is 1. The van der Waals surface area contributed by atoms with Gasteiger partial charge in [0.05, 0.1) is 26.4 Å². The van der Waals surface area contributed by atoms with Gasteiger partial charge in [0.1, 0.15) is 19.3 Å². The van der Waals surface area contributed by atoms with Crippen molar-refractivity contribution in [2.45, 2.75) is 464 Å². The van der Waals surface area contributed by atoms with E-state index in [4.69, 9.17) is 37.0 Å². The third-order valence-electron chi connectivity index (χ3n) is 19.7. The summed E-state index contributed by atoms with van der Waals surface area (Å²) in [6.07, 6.45) is 66.6. The minimum atomic E-state index is -4.96. The normalized spacial score (nSPS) is 13.9. The zero-order valence-electron chi connectivity index (χ0n) is 67.6. The molecule has 0 aromatic carbocycles. The van der Waals surface area contributed by atoms with Gasteiger partial charge in [0.15, 0.2) is 12.2 Å². The molecule has 19 heteroatoms. The van der Waals surface area contributed by atoms with Gasteiger partial charge in [0.25, 0.3) is 0 Å². The number of phosphoric acid groups is 2. The van der Waals surface area contributed by atoms with Gasteiger partial charge in [0, 0.05) is 25.7 Å². The molecular formula is C84H164O17P2. The van der Waals surface area contributed by atoms with E-state index in [0.29, 0.717) is 25.7 Å². The second kappa shape index (κ2) is 75.5. The van der Waals surface area contributed by atoms with Crippen LogP contribution in [0.4, 0.5) is 0 Å². The van der Waals surface area contributed by atoms with Gasteiger partial charge in [-0.15, -0.1) is 0 Å². The number of rotatable bonds is 83. The second-order valence-electron chi connectivity index (χ2n) is 31.2. The van der Waals surface area contributed by atoms with Crippen LogP contribution in [0.1, 0.15) is 446 Å². The Morgan fingerprint density at radius 1 is 0.262 bits per heavy atom. The van der Waals surface area contributed by atoms with E-state index in [9.17, 15) is 43.2 Å². The zero-order valence-corrected chi connectivity index (χ0v) is 69.4. The number of carbonyl (C=O) groups excluding carboxylic acids is 4. The van der Waals surface area contributed by atoms with Crippen LogP contribution >= 0.6 is 15.6 Å². The summed E-state index contributed by atoms with van der Waals surface area (Å²) in [6, 6.07) is 0. The molecule has 0 radical (unpaired) electrons. The fourth-order valence-corrected chi connectivity index (χ4v) is 14.6. The minimum absolute atomic E-state index is 0.109. The lowest BCUT2D eigenvalue weighted by molar-refractivity contribution is -0.161. The maximum Gasteiger partial charge on any atom is 0.472 e. The maximum atomic E-state index is 13.1. The van der Waals surface area contributed by atoms with Crippen molar-refractivity contribution in [2.75, 3.05) is 39.6 Å². The summed E-state index contributed by atoms with van der Waals surface area (Å²) in [7, 11) is -9.92. The molecule has 0 bridgehead atoms. The van der Waals surface area contributed by atoms with Crippen molar-refractivity contribution in [3.8, 4) is 0 Å². The van der Waals surface area contributed by atoms with Crippen LogP contribution in [0.3, 0.4) is 0 Å². The van der Waals surface area contributed by atoms with Crippen molar-refractivity contribution in [3.63, 3.8) is 0 Å². The van der Waals surface area contributed by atoms with Crippen molar-refractivity contribution in [1.82, 2.24) is 0 Å². The Balaban J connectivity index is 5.22. The molecule has 17 nitrogen and oxygen atoms in total. The molecule has 0 amide bonds. The van der Waals surface area contributed by atoms with E-state index in [1.807, 2.05) is 0 Å². The second-order valence-corrected chi connectivity index (χ2v) is 34.1. The molecule has 103 heavy (non-hydrogen) atoms. The molecule has 0 fully saturated rings. The van der Waals surface area contributed by atoms with E-state index < -0.39 is 97.5 Å². The molecule has 0 spiro atoms. The molecule has 0 aromatic rings. The Morgan fingerprint density at radius 2 is 0.447 bits per heavy atom. The number of ether oxygens (including phenoxy) is 4. The van der Waals surface area contributed by atoms with Crippen LogP contribution in [0.25, 0.3) is 0 Å². The highest BCUT2D eigenvalue weighted by atomic mass is 31.2. The predicted molar refractivity (Wildman–Crippen MR) is 423 cm³/mol. The summed E-state index contributed by atoms with van der Waals surface area (Å²) in [6.45, 7) is 9.71. The Labute approximate surface area is 632 Å². The molecule has 0 heterocycles. The van der Waals surface area contributed by atoms with E-state index in [2.05, 4.69) is 41.5 Å². The van der Waals surface area contributed by atoms with E-state index >= 15 is 0 Å². The molecule has 0 aliphatic carbocycles. The van der Waals surface area contributed by atoms with Crippen molar-refractivity contribution in [3.05, 3.63) is 0 Å². The third kappa shape index (κ3) is 78.0. The maximum absolute atomic E-state index is 13.1. The highest BCUT2D eigenvalue weighted by Crippen LogP contribution is 2.45. The first-order chi connectivity index (χ1) is 49.9. The average Bonchev–Trinajstić information content (AvgIpc) is 0.932. The SMILES string of the molecule is CCCCCCCCCCCCCCCCCCC(=O)O[C@H](COC(=O)CCCCCCCCCCCC)COP(=O)(O)OC[C@H](O)COP(=O)(O)OC[C@@H](COC(=O)CCCCCCCCCCCCCCCC(C)C)OC(=O)CCCCCCCCCCCCCCCCCCCCC(C)C. The molecule has 2 unspecified atom stereocenters. The van der Waals surface area contributed by atoms with Gasteiger partial charge in [-0.1, -0.05) is 395 Å². The van der Waals surface area contributed by atoms with Crippen LogP contribution in [-0.4, -0.2) is 96.7 Å². The standard InChI is InChI=1S/C84H164O17P2/c1-7-9-11-13-15-17-19-20-21-27-32-38-44-50-56-62-68-83(88)100-79(72-94-81(86)66-60-54-48-42-18-16-14-12-10-8-2)74-98-102(90,91)96-70-78(85)71-97-103(92,93)99-75-80(73-95-82(87)67-61-55-49-43-37-34-29-31-36-41-47-53-59-65-77(5)6)101-84(89)69-63-57-51-45-39-33-28-25-23-22-24-26-30-35-40-46-52-58-64-76(3)4/h76-80,85H,7-75H2,1-6H3,(H,90,91)(H,92,93)/t78-,79+,80+/m0/s1. The van der Waals surface area contributed by atoms with Crippen molar-refractivity contribution >= 4 is 39.5 Å². The quantitative estimate of drug-likeness (QED) is 0.0222. The van der Waals surface area contributed by atoms with E-state index in [0.717, 1.165) is 102 Å². The molecule has 0 saturated heterocycles. The Hall–Kier alpha value is -1.94. The number of hydrogen-bond acceptors (Lipinski definition) is 15. The number of esters is 4. The predicted octanol–water partition coefficient (Wildman–Crippen LogP) is 25.5. The Morgan fingerprint density at radius 3 is 0.660 bits per heavy atom. The molecule has 5 atom stereocenters. The largest absolute Gasteiger partial charge is 0.472 e. The lowest BCUT2D eigenvalue weighted by atomic mass is 10.0. The van der Waals surface area contributed by atoms with E-state index in [-0.39, 0.29) is 25.7 Å². The molecule has 612 valence electrons. The molecule has 3 N–H and O–H groups in total. The van der Waals surface area contributed by atoms with Crippen molar-refractivity contribution in [2.24, 2.45) is 11.8 Å². The summed E-state index contributed by atoms with van der Waals surface area (Å²) >= 11 is 0. The van der Waals surface area contributed by atoms with Crippen molar-refractivity contribution < 1.29 is 80.2 Å². The van der Waals surface area contributed by atoms with Crippen LogP contribution in [-0.2, 0) is 65.4 Å². The summed E-state index contributed by atoms with van der Waals surface area (Å²) in [5.41, 5.74) is 0. The third-order valence-corrected chi connectivity index (χ3v) is 21.6. The molecule has 0 rings (SSSR count). The lowest BCUT2D eigenvalue weighted by Gasteiger charge is -2.21. The van der Waals surface area contributed by atoms with Crippen LogP contribution in [0, 0.1) is 11.8 Å². The number of carbonyl (C=O) groups is 4. The smallest absolute Gasteiger partial charge is 0.462 e. The van der Waals surface area contributed by atoms with Gasteiger partial charge in [-0.05, 0) is 37.5 Å². The van der Waals surface area contributed by atoms with Gasteiger partial charge in [-0.3, -0.25) is 37.3 Å². The van der Waals surface area contributed by atoms with Gasteiger partial charge in [0.2, 0.25) is 0 Å². The number of aliphatic hydroxyl groups is 1. The highest BCUT2D eigenvalue weighted by molar-refractivity contribution is 7.47. The summed E-state index contributed by atoms with van der Waals surface area (Å²) < 4.78 is 68.8. The monoisotopic (exact) mass is 1510 g/mol.